The smallest absolute Gasteiger partial charge is 0.330 e. The lowest BCUT2D eigenvalue weighted by Gasteiger charge is -2.22. The van der Waals surface area contributed by atoms with Gasteiger partial charge in [-0.15, -0.1) is 0 Å². The van der Waals surface area contributed by atoms with Crippen LogP contribution in [0.2, 0.25) is 0 Å². The molecular formula is C40H44O5. The fraction of sp³-hybridized carbons (Fsp3) is 0.275. The van der Waals surface area contributed by atoms with E-state index in [1.807, 2.05) is 25.1 Å². The minimum atomic E-state index is -0.437. The minimum Gasteiger partial charge on any atom is -0.492 e. The summed E-state index contributed by atoms with van der Waals surface area (Å²) in [4.78, 5) is 11.7. The molecule has 5 heteroatoms. The Kier molecular flexibility index (Phi) is 12.2. The number of ether oxygens (including phenoxy) is 4. The summed E-state index contributed by atoms with van der Waals surface area (Å²) in [5, 5.41) is 2.33. The third-order valence-corrected chi connectivity index (χ3v) is 7.76. The summed E-state index contributed by atoms with van der Waals surface area (Å²) < 4.78 is 23.8. The zero-order chi connectivity index (χ0) is 32.2. The fourth-order valence-electron chi connectivity index (χ4n) is 5.17. The Morgan fingerprint density at radius 3 is 2.16 bits per heavy atom. The summed E-state index contributed by atoms with van der Waals surface area (Å²) in [6.07, 6.45) is 7.94. The van der Waals surface area contributed by atoms with Gasteiger partial charge in [-0.05, 0) is 64.6 Å². The van der Waals surface area contributed by atoms with Crippen LogP contribution in [0.25, 0.3) is 45.2 Å². The van der Waals surface area contributed by atoms with Gasteiger partial charge in [0.05, 0.1) is 26.4 Å². The van der Waals surface area contributed by atoms with Crippen LogP contribution in [0.15, 0.2) is 98.1 Å². The quantitative estimate of drug-likeness (QED) is 0.0941. The van der Waals surface area contributed by atoms with Gasteiger partial charge in [0.15, 0.2) is 0 Å². The van der Waals surface area contributed by atoms with Gasteiger partial charge in [0, 0.05) is 42.2 Å². The number of fused-ring (bicyclic) bond motifs is 1. The van der Waals surface area contributed by atoms with Gasteiger partial charge >= 0.3 is 5.97 Å². The van der Waals surface area contributed by atoms with Crippen LogP contribution in [0.5, 0.6) is 11.5 Å². The predicted molar refractivity (Wildman–Crippen MR) is 187 cm³/mol. The van der Waals surface area contributed by atoms with E-state index in [9.17, 15) is 4.79 Å². The van der Waals surface area contributed by atoms with Gasteiger partial charge in [0.25, 0.3) is 0 Å². The van der Waals surface area contributed by atoms with Crippen molar-refractivity contribution in [3.8, 4) is 33.8 Å². The van der Waals surface area contributed by atoms with Crippen LogP contribution in [-0.2, 0) is 14.3 Å². The Balaban J connectivity index is 1.85. The molecule has 0 N–H and O–H groups in total. The molecule has 45 heavy (non-hydrogen) atoms. The van der Waals surface area contributed by atoms with Crippen molar-refractivity contribution in [2.24, 2.45) is 11.8 Å². The predicted octanol–water partition coefficient (Wildman–Crippen LogP) is 9.65. The molecular weight excluding hydrogens is 560 g/mol. The molecule has 234 valence electrons. The number of rotatable bonds is 16. The molecule has 0 heterocycles. The van der Waals surface area contributed by atoms with Gasteiger partial charge in [0.1, 0.15) is 11.5 Å². The number of allylic oxidation sites excluding steroid dienone is 1. The van der Waals surface area contributed by atoms with Gasteiger partial charge < -0.3 is 18.9 Å². The Bertz CT molecular complexity index is 1650. The van der Waals surface area contributed by atoms with Gasteiger partial charge in [-0.25, -0.2) is 4.79 Å². The zero-order valence-electron chi connectivity index (χ0n) is 26.9. The van der Waals surface area contributed by atoms with E-state index in [0.717, 1.165) is 50.9 Å². The van der Waals surface area contributed by atoms with Crippen LogP contribution < -0.4 is 9.47 Å². The summed E-state index contributed by atoms with van der Waals surface area (Å²) in [6.45, 7) is 15.4. The summed E-state index contributed by atoms with van der Waals surface area (Å²) in [5.74, 6) is 1.19. The average molecular weight is 605 g/mol. The number of methoxy groups -OCH3 is 1. The Hall–Kier alpha value is -4.61. The minimum absolute atomic E-state index is 0.00816. The molecule has 0 bridgehead atoms. The third kappa shape index (κ3) is 8.74. The third-order valence-electron chi connectivity index (χ3n) is 7.76. The monoisotopic (exact) mass is 604 g/mol. The first-order valence-corrected chi connectivity index (χ1v) is 15.5. The van der Waals surface area contributed by atoms with E-state index in [1.165, 1.54) is 11.5 Å². The van der Waals surface area contributed by atoms with Crippen LogP contribution in [0, 0.1) is 11.8 Å². The number of esters is 1. The molecule has 5 nitrogen and oxygen atoms in total. The molecule has 4 rings (SSSR count). The maximum atomic E-state index is 11.7. The number of carbonyl (C=O) groups is 1. The van der Waals surface area contributed by atoms with Crippen LogP contribution in [-0.4, -0.2) is 39.5 Å². The van der Waals surface area contributed by atoms with E-state index in [-0.39, 0.29) is 18.4 Å². The van der Waals surface area contributed by atoms with E-state index >= 15 is 0 Å². The maximum Gasteiger partial charge on any atom is 0.330 e. The topological polar surface area (TPSA) is 54.0 Å². The molecule has 4 aromatic carbocycles. The SMILES string of the molecule is C=CC(=O)OCC(CC)COc1cc(OCC(C)COC)c(-c2ccc3ccccc3c2)cc1-c1ccc(/C=C\C)c(C=C)c1. The summed E-state index contributed by atoms with van der Waals surface area (Å²) in [5.41, 5.74) is 6.07. The number of carbonyl (C=O) groups excluding carboxylic acids is 1. The van der Waals surface area contributed by atoms with Crippen molar-refractivity contribution < 1.29 is 23.7 Å². The summed E-state index contributed by atoms with van der Waals surface area (Å²) in [6, 6.07) is 25.3. The van der Waals surface area contributed by atoms with E-state index in [1.54, 1.807) is 7.11 Å². The first kappa shape index (κ1) is 33.3. The molecule has 0 radical (unpaired) electrons. The molecule has 0 aromatic heterocycles. The van der Waals surface area contributed by atoms with Crippen molar-refractivity contribution in [1.29, 1.82) is 0 Å². The molecule has 2 atom stereocenters. The van der Waals surface area contributed by atoms with E-state index in [4.69, 9.17) is 18.9 Å². The molecule has 0 aliphatic heterocycles. The lowest BCUT2D eigenvalue weighted by atomic mass is 9.93. The molecule has 0 aliphatic rings. The second-order valence-electron chi connectivity index (χ2n) is 11.2. The van der Waals surface area contributed by atoms with E-state index in [2.05, 4.69) is 99.8 Å². The molecule has 2 unspecified atom stereocenters. The largest absolute Gasteiger partial charge is 0.492 e. The first-order chi connectivity index (χ1) is 21.9. The lowest BCUT2D eigenvalue weighted by Crippen LogP contribution is -2.19. The Morgan fingerprint density at radius 1 is 0.800 bits per heavy atom. The second-order valence-corrected chi connectivity index (χ2v) is 11.2. The van der Waals surface area contributed by atoms with Gasteiger partial charge in [-0.3, -0.25) is 0 Å². The van der Waals surface area contributed by atoms with Crippen molar-refractivity contribution in [2.75, 3.05) is 33.5 Å². The van der Waals surface area contributed by atoms with Crippen molar-refractivity contribution in [3.05, 3.63) is 109 Å². The standard InChI is InChI=1S/C40H44O5/c1-7-13-31-16-18-34(20-30(31)9-3)36-22-37(35-19-17-32-14-11-12-15-33(32)21-35)38(43-25-28(5)24-42-6)23-39(36)44-26-29(8-2)27-45-40(41)10-4/h7,9-23,28-29H,3-4,8,24-27H2,1-2,5-6H3/b13-7-. The highest BCUT2D eigenvalue weighted by atomic mass is 16.5. The van der Waals surface area contributed by atoms with Crippen molar-refractivity contribution in [3.63, 3.8) is 0 Å². The van der Waals surface area contributed by atoms with Gasteiger partial charge in [0.2, 0.25) is 0 Å². The molecule has 0 saturated heterocycles. The van der Waals surface area contributed by atoms with Crippen molar-refractivity contribution >= 4 is 28.9 Å². The summed E-state index contributed by atoms with van der Waals surface area (Å²) >= 11 is 0. The molecule has 0 aliphatic carbocycles. The molecule has 0 fully saturated rings. The zero-order valence-corrected chi connectivity index (χ0v) is 26.9. The van der Waals surface area contributed by atoms with Crippen molar-refractivity contribution in [1.82, 2.24) is 0 Å². The van der Waals surface area contributed by atoms with Crippen LogP contribution in [0.4, 0.5) is 0 Å². The highest BCUT2D eigenvalue weighted by Gasteiger charge is 2.19. The Morgan fingerprint density at radius 2 is 1.49 bits per heavy atom. The van der Waals surface area contributed by atoms with Crippen LogP contribution in [0.3, 0.4) is 0 Å². The van der Waals surface area contributed by atoms with E-state index in [0.29, 0.717) is 25.6 Å². The normalized spacial score (nSPS) is 12.5. The van der Waals surface area contributed by atoms with Crippen LogP contribution >= 0.6 is 0 Å². The van der Waals surface area contributed by atoms with Crippen molar-refractivity contribution in [2.45, 2.75) is 27.2 Å². The lowest BCUT2D eigenvalue weighted by molar-refractivity contribution is -0.139. The Labute approximate surface area is 267 Å². The first-order valence-electron chi connectivity index (χ1n) is 15.5. The molecule has 4 aromatic rings. The molecule has 0 spiro atoms. The number of benzene rings is 4. The second kappa shape index (κ2) is 16.5. The highest BCUT2D eigenvalue weighted by molar-refractivity contribution is 5.90. The highest BCUT2D eigenvalue weighted by Crippen LogP contribution is 2.42. The van der Waals surface area contributed by atoms with Gasteiger partial charge in [-0.2, -0.15) is 0 Å². The van der Waals surface area contributed by atoms with Gasteiger partial charge in [-0.1, -0.05) is 93.8 Å². The number of hydrogen-bond donors (Lipinski definition) is 0. The fourth-order valence-corrected chi connectivity index (χ4v) is 5.17. The average Bonchev–Trinajstić information content (AvgIpc) is 3.07. The molecule has 0 amide bonds. The van der Waals surface area contributed by atoms with E-state index < -0.39 is 5.97 Å². The number of hydrogen-bond acceptors (Lipinski definition) is 5. The maximum absolute atomic E-state index is 11.7. The summed E-state index contributed by atoms with van der Waals surface area (Å²) in [7, 11) is 1.70. The molecule has 0 saturated carbocycles. The van der Waals surface area contributed by atoms with Crippen LogP contribution in [0.1, 0.15) is 38.3 Å².